The molecule has 0 fully saturated rings. The number of carbonyl (C=O) groups is 1. The van der Waals surface area contributed by atoms with Crippen molar-refractivity contribution in [3.05, 3.63) is 89.9 Å². The Hall–Kier alpha value is -4.17. The molecule has 2 aromatic carbocycles. The number of hydrogen-bond acceptors (Lipinski definition) is 6. The largest absolute Gasteiger partial charge is 0.397 e. The lowest BCUT2D eigenvalue weighted by Crippen LogP contribution is -2.13. The summed E-state index contributed by atoms with van der Waals surface area (Å²) in [6.45, 7) is 4.07. The summed E-state index contributed by atoms with van der Waals surface area (Å²) in [7, 11) is 0. The van der Waals surface area contributed by atoms with Crippen molar-refractivity contribution in [3.63, 3.8) is 0 Å². The number of imidazole rings is 1. The van der Waals surface area contributed by atoms with Crippen molar-refractivity contribution in [2.75, 3.05) is 16.4 Å². The Bertz CT molecular complexity index is 1470. The van der Waals surface area contributed by atoms with Gasteiger partial charge in [0.15, 0.2) is 5.13 Å². The predicted octanol–water partition coefficient (Wildman–Crippen LogP) is 5.65. The van der Waals surface area contributed by atoms with Crippen LogP contribution in [0.2, 0.25) is 0 Å². The third-order valence-corrected chi connectivity index (χ3v) is 6.22. The number of nitrogens with zero attached hydrogens (tertiary/aromatic N) is 3. The molecule has 0 saturated heterocycles. The monoisotopic (exact) mass is 454 g/mol. The zero-order valence-electron chi connectivity index (χ0n) is 18.2. The van der Waals surface area contributed by atoms with E-state index in [0.29, 0.717) is 16.9 Å². The number of hydrogen-bond donors (Lipinski definition) is 3. The van der Waals surface area contributed by atoms with Gasteiger partial charge in [0.05, 0.1) is 27.6 Å². The first-order valence-corrected chi connectivity index (χ1v) is 11.2. The van der Waals surface area contributed by atoms with Crippen LogP contribution in [0.4, 0.5) is 22.2 Å². The summed E-state index contributed by atoms with van der Waals surface area (Å²) in [5.41, 5.74) is 12.5. The lowest BCUT2D eigenvalue weighted by atomic mass is 10.2. The average Bonchev–Trinajstić information content (AvgIpc) is 3.38. The average molecular weight is 455 g/mol. The second kappa shape index (κ2) is 8.40. The highest BCUT2D eigenvalue weighted by Crippen LogP contribution is 2.33. The van der Waals surface area contributed by atoms with Gasteiger partial charge in [-0.1, -0.05) is 23.5 Å². The van der Waals surface area contributed by atoms with Crippen LogP contribution >= 0.6 is 11.3 Å². The Morgan fingerprint density at radius 3 is 2.64 bits per heavy atom. The van der Waals surface area contributed by atoms with E-state index in [-0.39, 0.29) is 5.91 Å². The topological polar surface area (TPSA) is 97.3 Å². The number of carbonyl (C=O) groups excluding carboxylic acids is 1. The fourth-order valence-corrected chi connectivity index (χ4v) is 4.57. The quantitative estimate of drug-likeness (QED) is 0.298. The van der Waals surface area contributed by atoms with Crippen LogP contribution in [-0.4, -0.2) is 20.3 Å². The van der Waals surface area contributed by atoms with Crippen LogP contribution in [0.1, 0.15) is 21.6 Å². The minimum atomic E-state index is -0.214. The first-order valence-electron chi connectivity index (χ1n) is 10.4. The van der Waals surface area contributed by atoms with Gasteiger partial charge in [-0.15, -0.1) is 0 Å². The molecule has 0 spiro atoms. The van der Waals surface area contributed by atoms with Crippen LogP contribution in [0, 0.1) is 13.8 Å². The number of anilines is 4. The molecule has 0 bridgehead atoms. The number of amides is 1. The summed E-state index contributed by atoms with van der Waals surface area (Å²) < 4.78 is 2.09. The van der Waals surface area contributed by atoms with E-state index in [4.69, 9.17) is 5.73 Å². The van der Waals surface area contributed by atoms with E-state index in [1.165, 1.54) is 5.56 Å². The summed E-state index contributed by atoms with van der Waals surface area (Å²) in [5.74, 6) is -0.214. The van der Waals surface area contributed by atoms with Gasteiger partial charge in [0.25, 0.3) is 5.91 Å². The molecule has 5 aromatic rings. The van der Waals surface area contributed by atoms with Crippen molar-refractivity contribution in [3.8, 4) is 10.6 Å². The number of rotatable bonds is 5. The van der Waals surface area contributed by atoms with Gasteiger partial charge >= 0.3 is 0 Å². The fourth-order valence-electron chi connectivity index (χ4n) is 3.64. The minimum Gasteiger partial charge on any atom is -0.397 e. The highest BCUT2D eigenvalue weighted by molar-refractivity contribution is 7.18. The van der Waals surface area contributed by atoms with Crippen molar-refractivity contribution < 1.29 is 4.79 Å². The molecule has 0 radical (unpaired) electrons. The van der Waals surface area contributed by atoms with E-state index in [9.17, 15) is 4.79 Å². The molecule has 164 valence electrons. The van der Waals surface area contributed by atoms with Crippen LogP contribution in [-0.2, 0) is 0 Å². The molecule has 1 amide bonds. The summed E-state index contributed by atoms with van der Waals surface area (Å²) in [6.07, 6.45) is 3.90. The van der Waals surface area contributed by atoms with Gasteiger partial charge < -0.3 is 16.4 Å². The Morgan fingerprint density at radius 1 is 1.06 bits per heavy atom. The zero-order chi connectivity index (χ0) is 22.9. The lowest BCUT2D eigenvalue weighted by molar-refractivity contribution is 0.102. The fraction of sp³-hybridized carbons (Fsp3) is 0.0800. The van der Waals surface area contributed by atoms with Gasteiger partial charge in [0.2, 0.25) is 0 Å². The van der Waals surface area contributed by atoms with E-state index in [0.717, 1.165) is 32.7 Å². The maximum absolute atomic E-state index is 12.5. The molecule has 3 heterocycles. The van der Waals surface area contributed by atoms with Crippen LogP contribution in [0.15, 0.2) is 73.1 Å². The molecule has 0 aliphatic rings. The normalized spacial score (nSPS) is 11.0. The maximum atomic E-state index is 12.5. The number of benzene rings is 2. The molecule has 0 aliphatic heterocycles. The first kappa shape index (κ1) is 20.7. The standard InChI is InChI=1S/C25H22N6OS/c1-15-11-12-31-22(13-15)28-16(2)23(31)21-14-27-25(33-21)29-18-9-7-17(8-10-18)24(32)30-20-6-4-3-5-19(20)26/h3-14H,26H2,1-2H3,(H,27,29)(H,30,32). The third kappa shape index (κ3) is 4.16. The van der Waals surface area contributed by atoms with Gasteiger partial charge in [-0.25, -0.2) is 9.97 Å². The number of nitrogens with one attached hydrogen (secondary N) is 2. The van der Waals surface area contributed by atoms with E-state index in [1.54, 1.807) is 35.6 Å². The number of pyridine rings is 1. The smallest absolute Gasteiger partial charge is 0.255 e. The summed E-state index contributed by atoms with van der Waals surface area (Å²) in [4.78, 5) is 22.8. The summed E-state index contributed by atoms with van der Waals surface area (Å²) in [5, 5.41) is 6.91. The molecular formula is C25H22N6OS. The number of thiazole rings is 1. The van der Waals surface area contributed by atoms with E-state index in [1.807, 2.05) is 43.6 Å². The second-order valence-corrected chi connectivity index (χ2v) is 8.78. The Morgan fingerprint density at radius 2 is 1.85 bits per heavy atom. The van der Waals surface area contributed by atoms with Crippen molar-refractivity contribution in [1.82, 2.24) is 14.4 Å². The molecule has 5 rings (SSSR count). The number of fused-ring (bicyclic) bond motifs is 1. The van der Waals surface area contributed by atoms with Crippen LogP contribution in [0.5, 0.6) is 0 Å². The van der Waals surface area contributed by atoms with Gasteiger partial charge in [-0.2, -0.15) is 0 Å². The number of para-hydroxylation sites is 2. The highest BCUT2D eigenvalue weighted by atomic mass is 32.1. The molecule has 3 aromatic heterocycles. The molecule has 0 aliphatic carbocycles. The summed E-state index contributed by atoms with van der Waals surface area (Å²) >= 11 is 1.56. The predicted molar refractivity (Wildman–Crippen MR) is 134 cm³/mol. The number of nitrogens with two attached hydrogens (primary N) is 1. The molecule has 33 heavy (non-hydrogen) atoms. The van der Waals surface area contributed by atoms with E-state index in [2.05, 4.69) is 44.1 Å². The van der Waals surface area contributed by atoms with Crippen molar-refractivity contribution >= 4 is 45.1 Å². The number of aromatic nitrogens is 3. The molecule has 4 N–H and O–H groups in total. The molecular weight excluding hydrogens is 432 g/mol. The Kier molecular flexibility index (Phi) is 5.27. The highest BCUT2D eigenvalue weighted by Gasteiger charge is 2.14. The molecule has 0 saturated carbocycles. The van der Waals surface area contributed by atoms with Crippen LogP contribution in [0.25, 0.3) is 16.2 Å². The molecule has 0 atom stereocenters. The lowest BCUT2D eigenvalue weighted by Gasteiger charge is -2.08. The minimum absolute atomic E-state index is 0.214. The maximum Gasteiger partial charge on any atom is 0.255 e. The Balaban J connectivity index is 1.32. The number of nitrogen functional groups attached to an aromatic ring is 1. The number of aryl methyl sites for hydroxylation is 2. The van der Waals surface area contributed by atoms with Crippen molar-refractivity contribution in [2.24, 2.45) is 0 Å². The summed E-state index contributed by atoms with van der Waals surface area (Å²) in [6, 6.07) is 18.6. The van der Waals surface area contributed by atoms with E-state index < -0.39 is 0 Å². The SMILES string of the molecule is Cc1ccn2c(-c3cnc(Nc4ccc(C(=O)Nc5ccccc5N)cc4)s3)c(C)nc2c1. The van der Waals surface area contributed by atoms with E-state index >= 15 is 0 Å². The second-order valence-electron chi connectivity index (χ2n) is 7.75. The Labute approximate surface area is 194 Å². The third-order valence-electron chi connectivity index (χ3n) is 5.30. The van der Waals surface area contributed by atoms with Crippen LogP contribution in [0.3, 0.4) is 0 Å². The van der Waals surface area contributed by atoms with Gasteiger partial charge in [-0.05, 0) is 67.9 Å². The zero-order valence-corrected chi connectivity index (χ0v) is 19.0. The van der Waals surface area contributed by atoms with Gasteiger partial charge in [0, 0.05) is 23.6 Å². The van der Waals surface area contributed by atoms with Gasteiger partial charge in [0.1, 0.15) is 5.65 Å². The van der Waals surface area contributed by atoms with Crippen LogP contribution < -0.4 is 16.4 Å². The van der Waals surface area contributed by atoms with Crippen molar-refractivity contribution in [1.29, 1.82) is 0 Å². The molecule has 8 heteroatoms. The van der Waals surface area contributed by atoms with Gasteiger partial charge in [-0.3, -0.25) is 9.20 Å². The molecule has 0 unspecified atom stereocenters. The molecule has 7 nitrogen and oxygen atoms in total. The van der Waals surface area contributed by atoms with Crippen molar-refractivity contribution in [2.45, 2.75) is 13.8 Å². The first-order chi connectivity index (χ1) is 16.0.